The normalized spacial score (nSPS) is 25.8. The van der Waals surface area contributed by atoms with E-state index in [4.69, 9.17) is 4.74 Å². The van der Waals surface area contributed by atoms with Crippen LogP contribution in [0.5, 0.6) is 5.75 Å². The quantitative estimate of drug-likeness (QED) is 0.828. The topological polar surface area (TPSA) is 29.5 Å². The van der Waals surface area contributed by atoms with Crippen LogP contribution < -0.4 is 4.74 Å². The van der Waals surface area contributed by atoms with Gasteiger partial charge in [0.15, 0.2) is 0 Å². The van der Waals surface area contributed by atoms with Gasteiger partial charge in [-0.25, -0.2) is 0 Å². The Morgan fingerprint density at radius 3 is 3.11 bits per heavy atom. The monoisotopic (exact) mass is 244 g/mol. The minimum atomic E-state index is -0.576. The highest BCUT2D eigenvalue weighted by atomic mass is 16.5. The molecule has 1 unspecified atom stereocenters. The van der Waals surface area contributed by atoms with Crippen molar-refractivity contribution >= 4 is 0 Å². The molecule has 1 aromatic carbocycles. The molecular formula is C16H20O2. The Morgan fingerprint density at radius 2 is 2.28 bits per heavy atom. The minimum Gasteiger partial charge on any atom is -0.493 e. The van der Waals surface area contributed by atoms with E-state index in [-0.39, 0.29) is 0 Å². The molecule has 0 fully saturated rings. The lowest BCUT2D eigenvalue weighted by Crippen LogP contribution is -2.28. The van der Waals surface area contributed by atoms with Gasteiger partial charge in [-0.1, -0.05) is 24.3 Å². The molecule has 0 radical (unpaired) electrons. The van der Waals surface area contributed by atoms with Gasteiger partial charge < -0.3 is 9.84 Å². The summed E-state index contributed by atoms with van der Waals surface area (Å²) in [5.74, 6) is 1.04. The molecular weight excluding hydrogens is 224 g/mol. The lowest BCUT2D eigenvalue weighted by atomic mass is 9.86. The Balaban J connectivity index is 1.66. The fraction of sp³-hybridized carbons (Fsp3) is 0.500. The molecule has 0 saturated carbocycles. The fourth-order valence-electron chi connectivity index (χ4n) is 2.88. The second-order valence-electron chi connectivity index (χ2n) is 5.44. The van der Waals surface area contributed by atoms with Crippen LogP contribution in [0, 0.1) is 0 Å². The minimum absolute atomic E-state index is 0.576. The number of hydrogen-bond acceptors (Lipinski definition) is 2. The number of ether oxygens (including phenoxy) is 1. The molecule has 2 heteroatoms. The molecule has 18 heavy (non-hydrogen) atoms. The molecule has 0 aromatic heterocycles. The summed E-state index contributed by atoms with van der Waals surface area (Å²) in [6.07, 6.45) is 10.00. The predicted molar refractivity (Wildman–Crippen MR) is 71.9 cm³/mol. The van der Waals surface area contributed by atoms with Crippen molar-refractivity contribution in [3.8, 4) is 5.75 Å². The van der Waals surface area contributed by atoms with Gasteiger partial charge >= 0.3 is 0 Å². The van der Waals surface area contributed by atoms with Crippen LogP contribution >= 0.6 is 0 Å². The molecule has 1 atom stereocenters. The molecule has 2 nitrogen and oxygen atoms in total. The van der Waals surface area contributed by atoms with Crippen molar-refractivity contribution in [1.29, 1.82) is 0 Å². The third kappa shape index (κ3) is 2.44. The summed E-state index contributed by atoms with van der Waals surface area (Å²) < 4.78 is 5.51. The molecule has 0 amide bonds. The Labute approximate surface area is 108 Å². The van der Waals surface area contributed by atoms with Gasteiger partial charge in [-0.15, -0.1) is 0 Å². The van der Waals surface area contributed by atoms with Crippen molar-refractivity contribution in [2.45, 2.75) is 44.1 Å². The Morgan fingerprint density at radius 1 is 1.33 bits per heavy atom. The molecule has 1 N–H and O–H groups in total. The van der Waals surface area contributed by atoms with E-state index in [0.717, 1.165) is 50.9 Å². The molecule has 1 aliphatic carbocycles. The van der Waals surface area contributed by atoms with E-state index in [1.165, 1.54) is 11.1 Å². The zero-order valence-electron chi connectivity index (χ0n) is 10.7. The number of aryl methyl sites for hydroxylation is 1. The molecule has 0 bridgehead atoms. The number of hydrogen-bond donors (Lipinski definition) is 1. The van der Waals surface area contributed by atoms with Gasteiger partial charge in [-0.2, -0.15) is 0 Å². The third-order valence-corrected chi connectivity index (χ3v) is 4.01. The first kappa shape index (κ1) is 11.8. The summed E-state index contributed by atoms with van der Waals surface area (Å²) in [6.45, 7) is 0.811. The highest BCUT2D eigenvalue weighted by Gasteiger charge is 2.24. The van der Waals surface area contributed by atoms with Gasteiger partial charge in [-0.3, -0.25) is 0 Å². The van der Waals surface area contributed by atoms with Crippen LogP contribution in [-0.4, -0.2) is 17.3 Å². The van der Waals surface area contributed by atoms with Crippen LogP contribution in [0.15, 0.2) is 30.4 Å². The largest absolute Gasteiger partial charge is 0.493 e. The van der Waals surface area contributed by atoms with Gasteiger partial charge in [0.2, 0.25) is 0 Å². The number of fused-ring (bicyclic) bond motifs is 1. The lowest BCUT2D eigenvalue weighted by molar-refractivity contribution is 0.0660. The van der Waals surface area contributed by atoms with E-state index in [1.54, 1.807) is 0 Å². The van der Waals surface area contributed by atoms with E-state index >= 15 is 0 Å². The van der Waals surface area contributed by atoms with Crippen LogP contribution in [0.25, 0.3) is 0 Å². The highest BCUT2D eigenvalue weighted by molar-refractivity contribution is 5.39. The van der Waals surface area contributed by atoms with Crippen LogP contribution in [0.2, 0.25) is 0 Å². The van der Waals surface area contributed by atoms with Crippen LogP contribution in [0.3, 0.4) is 0 Å². The third-order valence-electron chi connectivity index (χ3n) is 4.01. The zero-order chi connectivity index (χ0) is 12.4. The number of rotatable bonds is 3. The van der Waals surface area contributed by atoms with Gasteiger partial charge in [0.1, 0.15) is 5.75 Å². The fourth-order valence-corrected chi connectivity index (χ4v) is 2.88. The van der Waals surface area contributed by atoms with Crippen molar-refractivity contribution < 1.29 is 9.84 Å². The van der Waals surface area contributed by atoms with Gasteiger partial charge in [0, 0.05) is 6.42 Å². The molecule has 0 spiro atoms. The van der Waals surface area contributed by atoms with Crippen molar-refractivity contribution in [3.05, 3.63) is 41.5 Å². The van der Waals surface area contributed by atoms with Crippen molar-refractivity contribution in [3.63, 3.8) is 0 Å². The second-order valence-corrected chi connectivity index (χ2v) is 5.44. The molecule has 0 saturated heterocycles. The Bertz CT molecular complexity index is 464. The molecule has 2 aliphatic rings. The molecule has 1 aliphatic heterocycles. The number of benzene rings is 1. The first-order valence-electron chi connectivity index (χ1n) is 6.90. The summed E-state index contributed by atoms with van der Waals surface area (Å²) in [7, 11) is 0. The molecule has 1 aromatic rings. The maximum atomic E-state index is 10.4. The van der Waals surface area contributed by atoms with Crippen LogP contribution in [0.1, 0.15) is 36.8 Å². The first-order valence-corrected chi connectivity index (χ1v) is 6.90. The number of allylic oxidation sites excluding steroid dienone is 1. The molecule has 96 valence electrons. The van der Waals surface area contributed by atoms with Crippen LogP contribution in [-0.2, 0) is 12.8 Å². The zero-order valence-corrected chi connectivity index (χ0v) is 10.7. The maximum Gasteiger partial charge on any atom is 0.122 e. The standard InChI is InChI=1S/C16H20O2/c17-16(8-2-1-3-9-16)10-6-13-4-5-15-14(12-13)7-11-18-15/h2,4-5,8,12,17H,1,3,6-7,9-11H2. The van der Waals surface area contributed by atoms with Gasteiger partial charge in [0.25, 0.3) is 0 Å². The SMILES string of the molecule is OC1(CCc2ccc3c(c2)CCO3)C=CCCC1. The predicted octanol–water partition coefficient (Wildman–Crippen LogP) is 3.03. The van der Waals surface area contributed by atoms with Crippen molar-refractivity contribution in [2.75, 3.05) is 6.61 Å². The van der Waals surface area contributed by atoms with E-state index in [9.17, 15) is 5.11 Å². The van der Waals surface area contributed by atoms with E-state index < -0.39 is 5.60 Å². The Kier molecular flexibility index (Phi) is 3.13. The Hall–Kier alpha value is -1.28. The molecule has 3 rings (SSSR count). The summed E-state index contributed by atoms with van der Waals surface area (Å²) in [6, 6.07) is 6.43. The van der Waals surface area contributed by atoms with E-state index in [1.807, 2.05) is 6.08 Å². The van der Waals surface area contributed by atoms with Gasteiger partial charge in [0.05, 0.1) is 12.2 Å². The van der Waals surface area contributed by atoms with E-state index in [2.05, 4.69) is 24.3 Å². The average molecular weight is 244 g/mol. The lowest BCUT2D eigenvalue weighted by Gasteiger charge is -2.27. The highest BCUT2D eigenvalue weighted by Crippen LogP contribution is 2.29. The molecule has 1 heterocycles. The summed E-state index contributed by atoms with van der Waals surface area (Å²) in [5, 5.41) is 10.4. The first-order chi connectivity index (χ1) is 8.75. The maximum absolute atomic E-state index is 10.4. The average Bonchev–Trinajstić information content (AvgIpc) is 2.85. The smallest absolute Gasteiger partial charge is 0.122 e. The van der Waals surface area contributed by atoms with Crippen molar-refractivity contribution in [2.24, 2.45) is 0 Å². The van der Waals surface area contributed by atoms with Crippen LogP contribution in [0.4, 0.5) is 0 Å². The summed E-state index contributed by atoms with van der Waals surface area (Å²) in [5.41, 5.74) is 2.05. The summed E-state index contributed by atoms with van der Waals surface area (Å²) in [4.78, 5) is 0. The number of aliphatic hydroxyl groups is 1. The van der Waals surface area contributed by atoms with Crippen molar-refractivity contribution in [1.82, 2.24) is 0 Å². The van der Waals surface area contributed by atoms with Gasteiger partial charge in [-0.05, 0) is 49.3 Å². The van der Waals surface area contributed by atoms with E-state index in [0.29, 0.717) is 0 Å². The second kappa shape index (κ2) is 4.77. The summed E-state index contributed by atoms with van der Waals surface area (Å²) >= 11 is 0.